The van der Waals surface area contributed by atoms with Crippen molar-refractivity contribution in [1.82, 2.24) is 5.32 Å². The van der Waals surface area contributed by atoms with Gasteiger partial charge in [0.2, 0.25) is 0 Å². The van der Waals surface area contributed by atoms with Crippen molar-refractivity contribution >= 4 is 40.0 Å². The van der Waals surface area contributed by atoms with Crippen LogP contribution in [0.2, 0.25) is 0 Å². The van der Waals surface area contributed by atoms with Gasteiger partial charge in [-0.3, -0.25) is 4.79 Å². The zero-order valence-corrected chi connectivity index (χ0v) is 23.8. The molecule has 7 heteroatoms. The highest BCUT2D eigenvalue weighted by atomic mass is 127. The molecule has 1 aliphatic carbocycles. The maximum absolute atomic E-state index is 13.7. The standard InChI is InChI=1S/C31H28INO5/c1-5-37-31(35)25-18(3)33-28-21-11-6-7-12-22(21)29(34)27(28)26(25)20-14-23(32)30(24(15-20)36-4)38-16-19-10-8-9-17(2)13-19/h6-15,26,33H,5,16H2,1-4H3/t26-/m0/s1. The second-order valence-corrected chi connectivity index (χ2v) is 10.5. The molecular formula is C31H28INO5. The van der Waals surface area contributed by atoms with Crippen LogP contribution in [0.4, 0.5) is 0 Å². The van der Waals surface area contributed by atoms with Gasteiger partial charge >= 0.3 is 5.97 Å². The SMILES string of the molecule is CCOC(=O)C1=C(C)NC2=C(C(=O)c3ccccc32)[C@H]1c1cc(I)c(OCc2cccc(C)c2)c(OC)c1. The van der Waals surface area contributed by atoms with Gasteiger partial charge in [0.05, 0.1) is 28.6 Å². The van der Waals surface area contributed by atoms with Crippen molar-refractivity contribution in [3.05, 3.63) is 109 Å². The first-order chi connectivity index (χ1) is 18.3. The third kappa shape index (κ3) is 4.60. The van der Waals surface area contributed by atoms with Gasteiger partial charge in [-0.25, -0.2) is 4.79 Å². The highest BCUT2D eigenvalue weighted by Gasteiger charge is 2.43. The van der Waals surface area contributed by atoms with Crippen LogP contribution in [0.15, 0.2) is 77.5 Å². The lowest BCUT2D eigenvalue weighted by Gasteiger charge is -2.30. The van der Waals surface area contributed by atoms with Crippen LogP contribution in [0.25, 0.3) is 5.70 Å². The number of esters is 1. The van der Waals surface area contributed by atoms with E-state index in [1.807, 2.05) is 68.4 Å². The number of dihydropyridines is 1. The van der Waals surface area contributed by atoms with E-state index in [1.54, 1.807) is 14.0 Å². The number of benzene rings is 3. The molecule has 194 valence electrons. The molecule has 0 radical (unpaired) electrons. The predicted molar refractivity (Wildman–Crippen MR) is 154 cm³/mol. The molecule has 3 aromatic rings. The molecule has 38 heavy (non-hydrogen) atoms. The molecule has 0 unspecified atom stereocenters. The lowest BCUT2D eigenvalue weighted by Crippen LogP contribution is -2.29. The lowest BCUT2D eigenvalue weighted by molar-refractivity contribution is -0.138. The molecule has 1 atom stereocenters. The summed E-state index contributed by atoms with van der Waals surface area (Å²) in [4.78, 5) is 27.0. The van der Waals surface area contributed by atoms with Crippen LogP contribution in [0.3, 0.4) is 0 Å². The molecule has 3 aromatic carbocycles. The minimum Gasteiger partial charge on any atom is -0.493 e. The van der Waals surface area contributed by atoms with Gasteiger partial charge in [0.15, 0.2) is 17.3 Å². The van der Waals surface area contributed by atoms with Crippen LogP contribution in [0, 0.1) is 10.5 Å². The molecular weight excluding hydrogens is 593 g/mol. The van der Waals surface area contributed by atoms with Crippen LogP contribution in [0.5, 0.6) is 11.5 Å². The lowest BCUT2D eigenvalue weighted by atomic mass is 9.79. The molecule has 0 amide bonds. The van der Waals surface area contributed by atoms with E-state index in [9.17, 15) is 9.59 Å². The summed E-state index contributed by atoms with van der Waals surface area (Å²) in [5, 5.41) is 3.33. The summed E-state index contributed by atoms with van der Waals surface area (Å²) in [6.45, 7) is 6.28. The quantitative estimate of drug-likeness (QED) is 0.246. The number of aryl methyl sites for hydroxylation is 1. The van der Waals surface area contributed by atoms with E-state index in [1.165, 1.54) is 0 Å². The number of allylic oxidation sites excluding steroid dienone is 2. The fraction of sp³-hybridized carbons (Fsp3) is 0.226. The van der Waals surface area contributed by atoms with Crippen LogP contribution < -0.4 is 14.8 Å². The Hall–Kier alpha value is -3.59. The van der Waals surface area contributed by atoms with E-state index in [0.29, 0.717) is 40.5 Å². The molecule has 6 nitrogen and oxygen atoms in total. The van der Waals surface area contributed by atoms with E-state index in [0.717, 1.165) is 31.5 Å². The van der Waals surface area contributed by atoms with Crippen LogP contribution in [0.1, 0.15) is 52.4 Å². The Morgan fingerprint density at radius 1 is 1.03 bits per heavy atom. The summed E-state index contributed by atoms with van der Waals surface area (Å²) in [6, 6.07) is 19.5. The summed E-state index contributed by atoms with van der Waals surface area (Å²) >= 11 is 2.22. The Bertz CT molecular complexity index is 1520. The zero-order chi connectivity index (χ0) is 27.0. The zero-order valence-electron chi connectivity index (χ0n) is 21.7. The monoisotopic (exact) mass is 621 g/mol. The van der Waals surface area contributed by atoms with Gasteiger partial charge in [0, 0.05) is 28.3 Å². The van der Waals surface area contributed by atoms with Crippen LogP contribution in [-0.2, 0) is 16.1 Å². The maximum Gasteiger partial charge on any atom is 0.336 e. The van der Waals surface area contributed by atoms with E-state index in [4.69, 9.17) is 14.2 Å². The summed E-state index contributed by atoms with van der Waals surface area (Å²) in [6.07, 6.45) is 0. The van der Waals surface area contributed by atoms with Crippen molar-refractivity contribution in [2.45, 2.75) is 33.3 Å². The summed E-state index contributed by atoms with van der Waals surface area (Å²) in [5.41, 5.74) is 6.76. The van der Waals surface area contributed by atoms with Gasteiger partial charge in [-0.2, -0.15) is 0 Å². The number of ketones is 1. The average Bonchev–Trinajstić information content (AvgIpc) is 3.18. The van der Waals surface area contributed by atoms with Gasteiger partial charge in [-0.05, 0) is 66.6 Å². The molecule has 1 heterocycles. The Labute approximate surface area is 235 Å². The van der Waals surface area contributed by atoms with E-state index < -0.39 is 11.9 Å². The van der Waals surface area contributed by atoms with Crippen molar-refractivity contribution in [2.24, 2.45) is 0 Å². The minimum atomic E-state index is -0.626. The largest absolute Gasteiger partial charge is 0.493 e. The van der Waals surface area contributed by atoms with Crippen molar-refractivity contribution in [3.8, 4) is 11.5 Å². The highest BCUT2D eigenvalue weighted by molar-refractivity contribution is 14.1. The summed E-state index contributed by atoms with van der Waals surface area (Å²) < 4.78 is 18.2. The fourth-order valence-electron chi connectivity index (χ4n) is 5.15. The third-order valence-corrected chi connectivity index (χ3v) is 7.60. The van der Waals surface area contributed by atoms with Crippen molar-refractivity contribution in [2.75, 3.05) is 13.7 Å². The summed E-state index contributed by atoms with van der Waals surface area (Å²) in [5.74, 6) is -0.0360. The number of nitrogens with one attached hydrogen (secondary N) is 1. The minimum absolute atomic E-state index is 0.101. The van der Waals surface area contributed by atoms with Gasteiger partial charge in [-0.1, -0.05) is 54.1 Å². The Morgan fingerprint density at radius 3 is 2.50 bits per heavy atom. The number of Topliss-reactive ketones (excluding diaryl/α,β-unsaturated/α-hetero) is 1. The Morgan fingerprint density at radius 2 is 1.79 bits per heavy atom. The number of rotatable bonds is 7. The molecule has 0 saturated carbocycles. The number of methoxy groups -OCH3 is 1. The fourth-order valence-corrected chi connectivity index (χ4v) is 5.93. The number of carbonyl (C=O) groups is 2. The van der Waals surface area contributed by atoms with E-state index >= 15 is 0 Å². The van der Waals surface area contributed by atoms with Crippen molar-refractivity contribution in [3.63, 3.8) is 0 Å². The second-order valence-electron chi connectivity index (χ2n) is 9.29. The smallest absolute Gasteiger partial charge is 0.336 e. The van der Waals surface area contributed by atoms with E-state index in [2.05, 4.69) is 34.0 Å². The molecule has 2 aliphatic rings. The molecule has 0 spiro atoms. The first kappa shape index (κ1) is 26.0. The molecule has 0 aromatic heterocycles. The third-order valence-electron chi connectivity index (χ3n) is 6.79. The molecule has 5 rings (SSSR count). The number of halogens is 1. The average molecular weight is 621 g/mol. The van der Waals surface area contributed by atoms with Gasteiger partial charge in [0.25, 0.3) is 0 Å². The normalized spacial score (nSPS) is 16.1. The molecule has 0 saturated heterocycles. The number of carbonyl (C=O) groups excluding carboxylic acids is 2. The molecule has 0 fully saturated rings. The first-order valence-electron chi connectivity index (χ1n) is 12.4. The topological polar surface area (TPSA) is 73.9 Å². The predicted octanol–water partition coefficient (Wildman–Crippen LogP) is 6.32. The molecule has 1 aliphatic heterocycles. The second kappa shape index (κ2) is 10.6. The maximum atomic E-state index is 13.7. The van der Waals surface area contributed by atoms with Crippen LogP contribution >= 0.6 is 22.6 Å². The Kier molecular flexibility index (Phi) is 7.29. The first-order valence-corrected chi connectivity index (χ1v) is 13.5. The van der Waals surface area contributed by atoms with Gasteiger partial charge < -0.3 is 19.5 Å². The van der Waals surface area contributed by atoms with Gasteiger partial charge in [-0.15, -0.1) is 0 Å². The van der Waals surface area contributed by atoms with Gasteiger partial charge in [0.1, 0.15) is 6.61 Å². The molecule has 0 bridgehead atoms. The Balaban J connectivity index is 1.60. The number of ether oxygens (including phenoxy) is 3. The van der Waals surface area contributed by atoms with E-state index in [-0.39, 0.29) is 12.4 Å². The van der Waals surface area contributed by atoms with Crippen molar-refractivity contribution in [1.29, 1.82) is 0 Å². The van der Waals surface area contributed by atoms with Crippen molar-refractivity contribution < 1.29 is 23.8 Å². The van der Waals surface area contributed by atoms with Crippen LogP contribution in [-0.4, -0.2) is 25.5 Å². The highest BCUT2D eigenvalue weighted by Crippen LogP contribution is 2.48. The molecule has 1 N–H and O–H groups in total. The number of hydrogen-bond donors (Lipinski definition) is 1. The number of hydrogen-bond acceptors (Lipinski definition) is 6. The summed E-state index contributed by atoms with van der Waals surface area (Å²) in [7, 11) is 1.59. The number of fused-ring (bicyclic) bond motifs is 2.